The molecule has 112 valence electrons. The SMILES string of the molecule is CNc1ccc(S(=O)(=O)N(C)Cc2cccc(C)n2)cc1. The highest BCUT2D eigenvalue weighted by Gasteiger charge is 2.21. The van der Waals surface area contributed by atoms with Gasteiger partial charge in [-0.25, -0.2) is 8.42 Å². The van der Waals surface area contributed by atoms with E-state index in [0.717, 1.165) is 17.1 Å². The minimum absolute atomic E-state index is 0.248. The number of nitrogens with zero attached hydrogens (tertiary/aromatic N) is 2. The Balaban J connectivity index is 2.21. The van der Waals surface area contributed by atoms with Gasteiger partial charge in [0.15, 0.2) is 0 Å². The molecule has 2 aromatic rings. The van der Waals surface area contributed by atoms with Gasteiger partial charge in [0.25, 0.3) is 0 Å². The maximum atomic E-state index is 12.5. The Labute approximate surface area is 125 Å². The molecule has 0 bridgehead atoms. The largest absolute Gasteiger partial charge is 0.388 e. The number of rotatable bonds is 5. The molecular weight excluding hydrogens is 286 g/mol. The van der Waals surface area contributed by atoms with Gasteiger partial charge in [0.05, 0.1) is 17.1 Å². The van der Waals surface area contributed by atoms with Crippen molar-refractivity contribution in [2.75, 3.05) is 19.4 Å². The number of aryl methyl sites for hydroxylation is 1. The van der Waals surface area contributed by atoms with Gasteiger partial charge in [0.2, 0.25) is 10.0 Å². The first-order valence-electron chi connectivity index (χ1n) is 6.60. The number of hydrogen-bond acceptors (Lipinski definition) is 4. The highest BCUT2D eigenvalue weighted by Crippen LogP contribution is 2.18. The zero-order valence-corrected chi connectivity index (χ0v) is 13.2. The van der Waals surface area contributed by atoms with Gasteiger partial charge in [-0.3, -0.25) is 4.98 Å². The van der Waals surface area contributed by atoms with Crippen LogP contribution in [0, 0.1) is 6.92 Å². The minimum Gasteiger partial charge on any atom is -0.388 e. The smallest absolute Gasteiger partial charge is 0.243 e. The van der Waals surface area contributed by atoms with Crippen LogP contribution in [0.15, 0.2) is 47.4 Å². The third kappa shape index (κ3) is 3.59. The molecule has 0 radical (unpaired) electrons. The number of benzene rings is 1. The average Bonchev–Trinajstić information content (AvgIpc) is 2.47. The van der Waals surface area contributed by atoms with Gasteiger partial charge in [0, 0.05) is 25.5 Å². The Hall–Kier alpha value is -1.92. The van der Waals surface area contributed by atoms with Gasteiger partial charge in [0.1, 0.15) is 0 Å². The molecule has 0 aliphatic rings. The Bertz CT molecular complexity index is 712. The van der Waals surface area contributed by atoms with Gasteiger partial charge < -0.3 is 5.32 Å². The van der Waals surface area contributed by atoms with Crippen molar-refractivity contribution in [3.05, 3.63) is 53.9 Å². The number of nitrogens with one attached hydrogen (secondary N) is 1. The Kier molecular flexibility index (Phi) is 4.59. The molecule has 0 saturated carbocycles. The number of anilines is 1. The molecule has 2 rings (SSSR count). The highest BCUT2D eigenvalue weighted by atomic mass is 32.2. The van der Waals surface area contributed by atoms with E-state index in [9.17, 15) is 8.42 Å². The van der Waals surface area contributed by atoms with Gasteiger partial charge >= 0.3 is 0 Å². The van der Waals surface area contributed by atoms with Crippen LogP contribution in [-0.2, 0) is 16.6 Å². The topological polar surface area (TPSA) is 62.3 Å². The molecule has 1 heterocycles. The van der Waals surface area contributed by atoms with Crippen LogP contribution in [0.4, 0.5) is 5.69 Å². The molecule has 1 N–H and O–H groups in total. The fourth-order valence-corrected chi connectivity index (χ4v) is 3.12. The van der Waals surface area contributed by atoms with Gasteiger partial charge in [-0.05, 0) is 43.3 Å². The molecule has 0 aliphatic carbocycles. The van der Waals surface area contributed by atoms with E-state index < -0.39 is 10.0 Å². The Morgan fingerprint density at radius 3 is 2.38 bits per heavy atom. The molecule has 5 nitrogen and oxygen atoms in total. The highest BCUT2D eigenvalue weighted by molar-refractivity contribution is 7.89. The molecule has 1 aromatic heterocycles. The molecule has 21 heavy (non-hydrogen) atoms. The number of hydrogen-bond donors (Lipinski definition) is 1. The molecule has 0 amide bonds. The fraction of sp³-hybridized carbons (Fsp3) is 0.267. The molecule has 0 saturated heterocycles. The summed E-state index contributed by atoms with van der Waals surface area (Å²) in [4.78, 5) is 4.61. The molecule has 0 fully saturated rings. The lowest BCUT2D eigenvalue weighted by Gasteiger charge is -2.17. The predicted molar refractivity (Wildman–Crippen MR) is 83.6 cm³/mol. The van der Waals surface area contributed by atoms with Crippen molar-refractivity contribution < 1.29 is 8.42 Å². The third-order valence-corrected chi connectivity index (χ3v) is 5.00. The van der Waals surface area contributed by atoms with E-state index in [2.05, 4.69) is 10.3 Å². The van der Waals surface area contributed by atoms with Gasteiger partial charge in [-0.2, -0.15) is 4.31 Å². The van der Waals surface area contributed by atoms with Crippen molar-refractivity contribution in [1.29, 1.82) is 0 Å². The van der Waals surface area contributed by atoms with Crippen molar-refractivity contribution >= 4 is 15.7 Å². The first-order valence-corrected chi connectivity index (χ1v) is 8.04. The summed E-state index contributed by atoms with van der Waals surface area (Å²) in [5, 5.41) is 2.96. The lowest BCUT2D eigenvalue weighted by Crippen LogP contribution is -2.27. The van der Waals surface area contributed by atoms with Crippen LogP contribution in [0.1, 0.15) is 11.4 Å². The molecule has 0 unspecified atom stereocenters. The van der Waals surface area contributed by atoms with Crippen molar-refractivity contribution in [1.82, 2.24) is 9.29 Å². The summed E-state index contributed by atoms with van der Waals surface area (Å²) in [6.45, 7) is 2.13. The summed E-state index contributed by atoms with van der Waals surface area (Å²) < 4.78 is 26.3. The van der Waals surface area contributed by atoms with Crippen LogP contribution in [0.2, 0.25) is 0 Å². The molecule has 1 aromatic carbocycles. The number of aromatic nitrogens is 1. The van der Waals surface area contributed by atoms with E-state index in [-0.39, 0.29) is 11.4 Å². The minimum atomic E-state index is -3.51. The average molecular weight is 305 g/mol. The lowest BCUT2D eigenvalue weighted by atomic mass is 10.3. The molecule has 6 heteroatoms. The van der Waals surface area contributed by atoms with Crippen LogP contribution < -0.4 is 5.32 Å². The molecule has 0 aliphatic heterocycles. The number of sulfonamides is 1. The van der Waals surface area contributed by atoms with E-state index in [4.69, 9.17) is 0 Å². The second-order valence-electron chi connectivity index (χ2n) is 4.81. The van der Waals surface area contributed by atoms with Crippen molar-refractivity contribution in [2.24, 2.45) is 0 Å². The van der Waals surface area contributed by atoms with Crippen LogP contribution in [0.25, 0.3) is 0 Å². The standard InChI is InChI=1S/C15H19N3O2S/c1-12-5-4-6-14(17-12)11-18(3)21(19,20)15-9-7-13(16-2)8-10-15/h4-10,16H,11H2,1-3H3. The third-order valence-electron chi connectivity index (χ3n) is 3.18. The van der Waals surface area contributed by atoms with E-state index >= 15 is 0 Å². The van der Waals surface area contributed by atoms with E-state index in [1.54, 1.807) is 38.4 Å². The molecule has 0 atom stereocenters. The number of pyridine rings is 1. The van der Waals surface area contributed by atoms with Crippen LogP contribution in [-0.4, -0.2) is 31.8 Å². The first kappa shape index (κ1) is 15.5. The van der Waals surface area contributed by atoms with E-state index in [1.807, 2.05) is 25.1 Å². The fourth-order valence-electron chi connectivity index (χ4n) is 1.97. The van der Waals surface area contributed by atoms with E-state index in [1.165, 1.54) is 4.31 Å². The normalized spacial score (nSPS) is 11.6. The maximum absolute atomic E-state index is 12.5. The summed E-state index contributed by atoms with van der Waals surface area (Å²) in [5.41, 5.74) is 2.47. The lowest BCUT2D eigenvalue weighted by molar-refractivity contribution is 0.462. The Morgan fingerprint density at radius 1 is 1.14 bits per heavy atom. The summed E-state index contributed by atoms with van der Waals surface area (Å²) >= 11 is 0. The predicted octanol–water partition coefficient (Wildman–Crippen LogP) is 2.25. The first-order chi connectivity index (χ1) is 9.93. The summed E-state index contributed by atoms with van der Waals surface area (Å²) in [6.07, 6.45) is 0. The summed E-state index contributed by atoms with van der Waals surface area (Å²) in [7, 11) is -0.158. The summed E-state index contributed by atoms with van der Waals surface area (Å²) in [6, 6.07) is 12.3. The van der Waals surface area contributed by atoms with Crippen LogP contribution >= 0.6 is 0 Å². The molecular formula is C15H19N3O2S. The second-order valence-corrected chi connectivity index (χ2v) is 6.85. The van der Waals surface area contributed by atoms with E-state index in [0.29, 0.717) is 0 Å². The monoisotopic (exact) mass is 305 g/mol. The van der Waals surface area contributed by atoms with Gasteiger partial charge in [-0.15, -0.1) is 0 Å². The zero-order valence-electron chi connectivity index (χ0n) is 12.4. The zero-order chi connectivity index (χ0) is 15.5. The summed E-state index contributed by atoms with van der Waals surface area (Å²) in [5.74, 6) is 0. The van der Waals surface area contributed by atoms with Crippen molar-refractivity contribution in [3.8, 4) is 0 Å². The quantitative estimate of drug-likeness (QED) is 0.920. The Morgan fingerprint density at radius 2 is 1.81 bits per heavy atom. The maximum Gasteiger partial charge on any atom is 0.243 e. The van der Waals surface area contributed by atoms with Gasteiger partial charge in [-0.1, -0.05) is 6.07 Å². The molecule has 0 spiro atoms. The van der Waals surface area contributed by atoms with Crippen molar-refractivity contribution in [2.45, 2.75) is 18.4 Å². The van der Waals surface area contributed by atoms with Crippen LogP contribution in [0.5, 0.6) is 0 Å². The second kappa shape index (κ2) is 6.24. The van der Waals surface area contributed by atoms with Crippen molar-refractivity contribution in [3.63, 3.8) is 0 Å². The van der Waals surface area contributed by atoms with Crippen LogP contribution in [0.3, 0.4) is 0 Å².